The molecule has 150 valence electrons. The van der Waals surface area contributed by atoms with E-state index >= 15 is 0 Å². The van der Waals surface area contributed by atoms with Gasteiger partial charge in [-0.3, -0.25) is 9.59 Å². The van der Waals surface area contributed by atoms with Gasteiger partial charge in [0.1, 0.15) is 11.5 Å². The molecule has 2 amide bonds. The number of nitrogens with one attached hydrogen (secondary N) is 1. The lowest BCUT2D eigenvalue weighted by molar-refractivity contribution is -0.133. The SMILES string of the molecule is COc1ccc(OCCCC(=O)N(C)CC(=O)Nc2cccc(C)c2C)cc1. The van der Waals surface area contributed by atoms with E-state index in [1.807, 2.05) is 56.3 Å². The topological polar surface area (TPSA) is 67.9 Å². The quantitative estimate of drug-likeness (QED) is 0.671. The van der Waals surface area contributed by atoms with Crippen LogP contribution in [0.4, 0.5) is 5.69 Å². The molecule has 0 aromatic heterocycles. The Morgan fingerprint density at radius 1 is 1.04 bits per heavy atom. The van der Waals surface area contributed by atoms with Crippen molar-refractivity contribution in [2.24, 2.45) is 0 Å². The summed E-state index contributed by atoms with van der Waals surface area (Å²) < 4.78 is 10.7. The molecule has 0 saturated carbocycles. The lowest BCUT2D eigenvalue weighted by Crippen LogP contribution is -2.35. The first-order chi connectivity index (χ1) is 13.4. The maximum absolute atomic E-state index is 12.2. The van der Waals surface area contributed by atoms with Crippen LogP contribution < -0.4 is 14.8 Å². The molecular weight excluding hydrogens is 356 g/mol. The van der Waals surface area contributed by atoms with Crippen LogP contribution >= 0.6 is 0 Å². The van der Waals surface area contributed by atoms with Gasteiger partial charge in [-0.05, 0) is 61.7 Å². The number of methoxy groups -OCH3 is 1. The second kappa shape index (κ2) is 10.3. The molecule has 0 fully saturated rings. The van der Waals surface area contributed by atoms with Crippen LogP contribution in [0.1, 0.15) is 24.0 Å². The molecule has 2 rings (SSSR count). The van der Waals surface area contributed by atoms with Gasteiger partial charge in [0.25, 0.3) is 0 Å². The van der Waals surface area contributed by atoms with Gasteiger partial charge in [0.05, 0.1) is 20.3 Å². The third-order valence-corrected chi connectivity index (χ3v) is 4.55. The van der Waals surface area contributed by atoms with E-state index in [0.717, 1.165) is 28.3 Å². The summed E-state index contributed by atoms with van der Waals surface area (Å²) in [7, 11) is 3.25. The number of benzene rings is 2. The smallest absolute Gasteiger partial charge is 0.243 e. The van der Waals surface area contributed by atoms with E-state index in [0.29, 0.717) is 19.4 Å². The first kappa shape index (κ1) is 21.3. The molecule has 6 nitrogen and oxygen atoms in total. The Kier molecular flexibility index (Phi) is 7.87. The Morgan fingerprint density at radius 3 is 2.39 bits per heavy atom. The maximum Gasteiger partial charge on any atom is 0.243 e. The van der Waals surface area contributed by atoms with Crippen molar-refractivity contribution in [2.45, 2.75) is 26.7 Å². The van der Waals surface area contributed by atoms with E-state index in [1.54, 1.807) is 14.2 Å². The minimum Gasteiger partial charge on any atom is -0.497 e. The highest BCUT2D eigenvalue weighted by atomic mass is 16.5. The lowest BCUT2D eigenvalue weighted by atomic mass is 10.1. The van der Waals surface area contributed by atoms with Gasteiger partial charge in [0.15, 0.2) is 0 Å². The second-order valence-corrected chi connectivity index (χ2v) is 6.67. The fourth-order valence-electron chi connectivity index (χ4n) is 2.66. The molecular formula is C22H28N2O4. The predicted octanol–water partition coefficient (Wildman–Crippen LogP) is 3.57. The Bertz CT molecular complexity index is 803. The third kappa shape index (κ3) is 6.30. The van der Waals surface area contributed by atoms with Gasteiger partial charge >= 0.3 is 0 Å². The Balaban J connectivity index is 1.71. The van der Waals surface area contributed by atoms with Gasteiger partial charge in [-0.15, -0.1) is 0 Å². The van der Waals surface area contributed by atoms with Crippen LogP contribution in [0, 0.1) is 13.8 Å². The van der Waals surface area contributed by atoms with Crippen molar-refractivity contribution in [1.82, 2.24) is 4.90 Å². The fraction of sp³-hybridized carbons (Fsp3) is 0.364. The summed E-state index contributed by atoms with van der Waals surface area (Å²) in [4.78, 5) is 25.9. The van der Waals surface area contributed by atoms with Crippen LogP contribution in [0.3, 0.4) is 0 Å². The van der Waals surface area contributed by atoms with Crippen LogP contribution in [0.2, 0.25) is 0 Å². The number of rotatable bonds is 9. The van der Waals surface area contributed by atoms with Crippen molar-refractivity contribution in [3.8, 4) is 11.5 Å². The van der Waals surface area contributed by atoms with Gasteiger partial charge in [-0.25, -0.2) is 0 Å². The van der Waals surface area contributed by atoms with E-state index < -0.39 is 0 Å². The number of anilines is 1. The van der Waals surface area contributed by atoms with Crippen molar-refractivity contribution in [3.63, 3.8) is 0 Å². The van der Waals surface area contributed by atoms with Crippen molar-refractivity contribution in [2.75, 3.05) is 32.6 Å². The average molecular weight is 384 g/mol. The molecule has 0 atom stereocenters. The number of carbonyl (C=O) groups excluding carboxylic acids is 2. The summed E-state index contributed by atoms with van der Waals surface area (Å²) in [5, 5.41) is 2.87. The summed E-state index contributed by atoms with van der Waals surface area (Å²) in [6.45, 7) is 4.41. The molecule has 2 aromatic carbocycles. The first-order valence-corrected chi connectivity index (χ1v) is 9.27. The number of hydrogen-bond donors (Lipinski definition) is 1. The number of likely N-dealkylation sites (N-methyl/N-ethyl adjacent to an activating group) is 1. The maximum atomic E-state index is 12.2. The van der Waals surface area contributed by atoms with E-state index in [2.05, 4.69) is 5.32 Å². The fourth-order valence-corrected chi connectivity index (χ4v) is 2.66. The third-order valence-electron chi connectivity index (χ3n) is 4.55. The number of nitrogens with zero attached hydrogens (tertiary/aromatic N) is 1. The molecule has 0 unspecified atom stereocenters. The van der Waals surface area contributed by atoms with Crippen molar-refractivity contribution < 1.29 is 19.1 Å². The molecule has 1 N–H and O–H groups in total. The average Bonchev–Trinajstić information content (AvgIpc) is 2.69. The van der Waals surface area contributed by atoms with Crippen LogP contribution in [-0.2, 0) is 9.59 Å². The number of ether oxygens (including phenoxy) is 2. The molecule has 0 aliphatic rings. The van der Waals surface area contributed by atoms with E-state index in [4.69, 9.17) is 9.47 Å². The largest absolute Gasteiger partial charge is 0.497 e. The van der Waals surface area contributed by atoms with Crippen LogP contribution in [0.5, 0.6) is 11.5 Å². The number of carbonyl (C=O) groups is 2. The number of aryl methyl sites for hydroxylation is 1. The highest BCUT2D eigenvalue weighted by Gasteiger charge is 2.14. The molecule has 0 aliphatic heterocycles. The summed E-state index contributed by atoms with van der Waals surface area (Å²) >= 11 is 0. The van der Waals surface area contributed by atoms with Gasteiger partial charge in [-0.1, -0.05) is 12.1 Å². The predicted molar refractivity (Wildman–Crippen MR) is 110 cm³/mol. The standard InChI is InChI=1S/C22H28N2O4/c1-16-7-5-8-20(17(16)2)23-21(25)15-24(3)22(26)9-6-14-28-19-12-10-18(27-4)11-13-19/h5,7-8,10-13H,6,9,14-15H2,1-4H3,(H,23,25). The molecule has 6 heteroatoms. The second-order valence-electron chi connectivity index (χ2n) is 6.67. The molecule has 2 aromatic rings. The zero-order valence-corrected chi connectivity index (χ0v) is 17.0. The first-order valence-electron chi connectivity index (χ1n) is 9.27. The lowest BCUT2D eigenvalue weighted by Gasteiger charge is -2.18. The van der Waals surface area contributed by atoms with Crippen molar-refractivity contribution in [3.05, 3.63) is 53.6 Å². The van der Waals surface area contributed by atoms with Gasteiger partial charge in [0, 0.05) is 19.2 Å². The van der Waals surface area contributed by atoms with E-state index in [9.17, 15) is 9.59 Å². The van der Waals surface area contributed by atoms with E-state index in [1.165, 1.54) is 4.90 Å². The summed E-state index contributed by atoms with van der Waals surface area (Å²) in [6, 6.07) is 13.0. The Labute approximate surface area is 166 Å². The van der Waals surface area contributed by atoms with Crippen LogP contribution in [-0.4, -0.2) is 44.0 Å². The monoisotopic (exact) mass is 384 g/mol. The number of hydrogen-bond acceptors (Lipinski definition) is 4. The minimum atomic E-state index is -0.209. The molecule has 28 heavy (non-hydrogen) atoms. The normalized spacial score (nSPS) is 10.3. The van der Waals surface area contributed by atoms with Crippen molar-refractivity contribution in [1.29, 1.82) is 0 Å². The van der Waals surface area contributed by atoms with Crippen molar-refractivity contribution >= 4 is 17.5 Å². The molecule has 0 heterocycles. The highest BCUT2D eigenvalue weighted by molar-refractivity contribution is 5.95. The molecule has 0 saturated heterocycles. The molecule has 0 radical (unpaired) electrons. The minimum absolute atomic E-state index is 0.0194. The molecule has 0 bridgehead atoms. The van der Waals surface area contributed by atoms with Crippen LogP contribution in [0.25, 0.3) is 0 Å². The van der Waals surface area contributed by atoms with Gasteiger partial charge in [0.2, 0.25) is 11.8 Å². The summed E-state index contributed by atoms with van der Waals surface area (Å²) in [5.74, 6) is 1.20. The van der Waals surface area contributed by atoms with E-state index in [-0.39, 0.29) is 18.4 Å². The Hall–Kier alpha value is -3.02. The molecule has 0 spiro atoms. The summed E-state index contributed by atoms with van der Waals surface area (Å²) in [6.07, 6.45) is 0.900. The molecule has 0 aliphatic carbocycles. The Morgan fingerprint density at radius 2 is 1.71 bits per heavy atom. The summed E-state index contributed by atoms with van der Waals surface area (Å²) in [5.41, 5.74) is 2.92. The highest BCUT2D eigenvalue weighted by Crippen LogP contribution is 2.18. The zero-order chi connectivity index (χ0) is 20.5. The number of amides is 2. The van der Waals surface area contributed by atoms with Gasteiger partial charge in [-0.2, -0.15) is 0 Å². The van der Waals surface area contributed by atoms with Crippen LogP contribution in [0.15, 0.2) is 42.5 Å². The zero-order valence-electron chi connectivity index (χ0n) is 17.0. The van der Waals surface area contributed by atoms with Gasteiger partial charge < -0.3 is 19.7 Å².